The van der Waals surface area contributed by atoms with Crippen LogP contribution < -0.4 is 4.90 Å². The number of thioether (sulfide) groups is 1. The molecule has 1 fully saturated rings. The van der Waals surface area contributed by atoms with Crippen LogP contribution in [0.5, 0.6) is 0 Å². The number of anilines is 1. The number of rotatable bonds is 4. The molecule has 1 atom stereocenters. The highest BCUT2D eigenvalue weighted by molar-refractivity contribution is 8.13. The third-order valence-corrected chi connectivity index (χ3v) is 4.97. The molecule has 1 heterocycles. The van der Waals surface area contributed by atoms with Crippen molar-refractivity contribution in [1.29, 1.82) is 0 Å². The summed E-state index contributed by atoms with van der Waals surface area (Å²) in [5, 5.41) is 0. The van der Waals surface area contributed by atoms with Crippen molar-refractivity contribution < 1.29 is 26.4 Å². The number of carbonyl (C=O) groups is 1. The van der Waals surface area contributed by atoms with E-state index in [2.05, 4.69) is 0 Å². The van der Waals surface area contributed by atoms with Crippen molar-refractivity contribution in [2.75, 3.05) is 17.2 Å². The van der Waals surface area contributed by atoms with Gasteiger partial charge in [0.15, 0.2) is 0 Å². The van der Waals surface area contributed by atoms with E-state index < -0.39 is 20.5 Å². The molecule has 0 bridgehead atoms. The van der Waals surface area contributed by atoms with Crippen molar-refractivity contribution in [3.63, 3.8) is 0 Å². The Balaban J connectivity index is 2.15. The zero-order valence-corrected chi connectivity index (χ0v) is 13.4. The lowest BCUT2D eigenvalue weighted by atomic mass is 10.1. The maximum absolute atomic E-state index is 12.4. The summed E-state index contributed by atoms with van der Waals surface area (Å²) in [5.41, 5.74) is -4.10. The van der Waals surface area contributed by atoms with Gasteiger partial charge in [0.25, 0.3) is 0 Å². The molecule has 2 rings (SSSR count). The summed E-state index contributed by atoms with van der Waals surface area (Å²) in [6, 6.07) is 5.48. The van der Waals surface area contributed by atoms with Crippen molar-refractivity contribution in [1.82, 2.24) is 0 Å². The summed E-state index contributed by atoms with van der Waals surface area (Å²) in [6.07, 6.45) is 0.00257. The molecule has 0 N–H and O–H groups in total. The van der Waals surface area contributed by atoms with Crippen LogP contribution in [-0.2, 0) is 13.8 Å². The Bertz CT molecular complexity index is 678. The van der Waals surface area contributed by atoms with Crippen molar-refractivity contribution in [3.05, 3.63) is 24.3 Å². The highest BCUT2D eigenvalue weighted by Gasteiger charge is 2.34. The predicted molar refractivity (Wildman–Crippen MR) is 78.5 cm³/mol. The first-order valence-electron chi connectivity index (χ1n) is 6.12. The summed E-state index contributed by atoms with van der Waals surface area (Å²) in [5.74, 6) is -1.14. The predicted octanol–water partition coefficient (Wildman–Crippen LogP) is 3.22. The van der Waals surface area contributed by atoms with Gasteiger partial charge in [-0.2, -0.15) is 13.2 Å². The zero-order valence-electron chi connectivity index (χ0n) is 11.0. The van der Waals surface area contributed by atoms with E-state index in [1.165, 1.54) is 29.2 Å². The molecule has 10 heteroatoms. The number of amides is 1. The van der Waals surface area contributed by atoms with Gasteiger partial charge in [-0.05, 0) is 30.0 Å². The average Bonchev–Trinajstić information content (AvgIpc) is 2.65. The molecule has 0 saturated carbocycles. The van der Waals surface area contributed by atoms with E-state index in [0.717, 1.165) is 0 Å². The Morgan fingerprint density at radius 1 is 1.36 bits per heavy atom. The van der Waals surface area contributed by atoms with E-state index in [1.807, 2.05) is 0 Å². The van der Waals surface area contributed by atoms with Gasteiger partial charge in [-0.1, -0.05) is 6.07 Å². The quantitative estimate of drug-likeness (QED) is 0.600. The Morgan fingerprint density at radius 3 is 2.64 bits per heavy atom. The number of carbonyl (C=O) groups excluding carboxylic acids is 1. The average molecular weight is 374 g/mol. The highest BCUT2D eigenvalue weighted by Crippen LogP contribution is 2.38. The lowest BCUT2D eigenvalue weighted by molar-refractivity contribution is -0.117. The SMILES string of the molecule is O=C1CC(CS(=O)(=O)Cl)CN1c1cccc(SC(F)(F)F)c1. The molecule has 1 saturated heterocycles. The minimum atomic E-state index is -4.41. The molecule has 122 valence electrons. The van der Waals surface area contributed by atoms with Gasteiger partial charge in [0, 0.05) is 40.1 Å². The Hall–Kier alpha value is -0.930. The molecule has 0 radical (unpaired) electrons. The fourth-order valence-electron chi connectivity index (χ4n) is 2.27. The normalized spacial score (nSPS) is 19.7. The monoisotopic (exact) mass is 373 g/mol. The molecule has 0 spiro atoms. The Morgan fingerprint density at radius 2 is 2.05 bits per heavy atom. The van der Waals surface area contributed by atoms with Gasteiger partial charge in [0.1, 0.15) is 0 Å². The van der Waals surface area contributed by atoms with Crippen molar-refractivity contribution >= 4 is 43.1 Å². The van der Waals surface area contributed by atoms with Gasteiger partial charge in [-0.3, -0.25) is 4.79 Å². The van der Waals surface area contributed by atoms with Crippen LogP contribution in [0, 0.1) is 5.92 Å². The fraction of sp³-hybridized carbons (Fsp3) is 0.417. The van der Waals surface area contributed by atoms with Crippen LogP contribution in [0.4, 0.5) is 18.9 Å². The second kappa shape index (κ2) is 6.29. The molecule has 1 unspecified atom stereocenters. The lowest BCUT2D eigenvalue weighted by Gasteiger charge is -2.17. The first kappa shape index (κ1) is 17.4. The lowest BCUT2D eigenvalue weighted by Crippen LogP contribution is -2.25. The molecular formula is C12H11ClF3NO3S2. The minimum absolute atomic E-state index is 0.00257. The van der Waals surface area contributed by atoms with E-state index in [9.17, 15) is 26.4 Å². The van der Waals surface area contributed by atoms with E-state index in [4.69, 9.17) is 10.7 Å². The van der Waals surface area contributed by atoms with Crippen LogP contribution in [0.25, 0.3) is 0 Å². The van der Waals surface area contributed by atoms with E-state index in [1.54, 1.807) is 0 Å². The van der Waals surface area contributed by atoms with Gasteiger partial charge in [-0.25, -0.2) is 8.42 Å². The number of alkyl halides is 3. The highest BCUT2D eigenvalue weighted by atomic mass is 35.7. The molecule has 1 aromatic carbocycles. The van der Waals surface area contributed by atoms with E-state index >= 15 is 0 Å². The number of halogens is 4. The molecule has 1 aliphatic rings. The topological polar surface area (TPSA) is 54.5 Å². The van der Waals surface area contributed by atoms with Crippen LogP contribution in [0.1, 0.15) is 6.42 Å². The molecule has 4 nitrogen and oxygen atoms in total. The third-order valence-electron chi connectivity index (χ3n) is 3.00. The van der Waals surface area contributed by atoms with Crippen LogP contribution in [0.2, 0.25) is 0 Å². The maximum atomic E-state index is 12.4. The molecule has 0 aromatic heterocycles. The molecular weight excluding hydrogens is 363 g/mol. The molecule has 22 heavy (non-hydrogen) atoms. The minimum Gasteiger partial charge on any atom is -0.312 e. The second-order valence-electron chi connectivity index (χ2n) is 4.83. The summed E-state index contributed by atoms with van der Waals surface area (Å²) in [4.78, 5) is 13.2. The fourth-order valence-corrected chi connectivity index (χ4v) is 4.19. The molecule has 1 aromatic rings. The van der Waals surface area contributed by atoms with Crippen LogP contribution in [0.3, 0.4) is 0 Å². The number of hydrogen-bond donors (Lipinski definition) is 0. The number of benzene rings is 1. The van der Waals surface area contributed by atoms with Crippen LogP contribution in [0.15, 0.2) is 29.2 Å². The van der Waals surface area contributed by atoms with E-state index in [-0.39, 0.29) is 41.3 Å². The second-order valence-corrected chi connectivity index (χ2v) is 8.79. The zero-order chi connectivity index (χ0) is 16.5. The van der Waals surface area contributed by atoms with Gasteiger partial charge in [-0.15, -0.1) is 0 Å². The van der Waals surface area contributed by atoms with Crippen molar-refractivity contribution in [3.8, 4) is 0 Å². The Kier molecular flexibility index (Phi) is 4.98. The summed E-state index contributed by atoms with van der Waals surface area (Å²) in [6.45, 7) is 0.116. The first-order valence-corrected chi connectivity index (χ1v) is 9.41. The third kappa shape index (κ3) is 5.06. The maximum Gasteiger partial charge on any atom is 0.446 e. The van der Waals surface area contributed by atoms with E-state index in [0.29, 0.717) is 5.69 Å². The molecule has 0 aliphatic carbocycles. The van der Waals surface area contributed by atoms with Crippen LogP contribution in [-0.4, -0.2) is 32.1 Å². The molecule has 1 aliphatic heterocycles. The molecule has 1 amide bonds. The number of nitrogens with zero attached hydrogens (tertiary/aromatic N) is 1. The summed E-state index contributed by atoms with van der Waals surface area (Å²) >= 11 is -0.269. The summed E-state index contributed by atoms with van der Waals surface area (Å²) in [7, 11) is 1.44. The van der Waals surface area contributed by atoms with Gasteiger partial charge in [0.2, 0.25) is 15.0 Å². The van der Waals surface area contributed by atoms with Crippen molar-refractivity contribution in [2.24, 2.45) is 5.92 Å². The largest absolute Gasteiger partial charge is 0.446 e. The first-order chi connectivity index (χ1) is 10.0. The standard InChI is InChI=1S/C12H11ClF3NO3S2/c13-22(19,20)7-8-4-11(18)17(6-8)9-2-1-3-10(5-9)21-12(14,15)16/h1-3,5,8H,4,6-7H2. The van der Waals surface area contributed by atoms with Gasteiger partial charge in [0.05, 0.1) is 5.75 Å². The van der Waals surface area contributed by atoms with Gasteiger partial charge >= 0.3 is 5.51 Å². The van der Waals surface area contributed by atoms with Gasteiger partial charge < -0.3 is 4.90 Å². The summed E-state index contributed by atoms with van der Waals surface area (Å²) < 4.78 is 59.2. The van der Waals surface area contributed by atoms with Crippen molar-refractivity contribution in [2.45, 2.75) is 16.8 Å². The Labute approximate surface area is 134 Å². The van der Waals surface area contributed by atoms with Crippen LogP contribution >= 0.6 is 22.4 Å². The smallest absolute Gasteiger partial charge is 0.312 e. The number of hydrogen-bond acceptors (Lipinski definition) is 4.